The molecule has 25 heavy (non-hydrogen) atoms. The Morgan fingerprint density at radius 1 is 1.12 bits per heavy atom. The maximum absolute atomic E-state index is 6.81. The molecule has 0 bridgehead atoms. The molecule has 0 N–H and O–H groups in total. The van der Waals surface area contributed by atoms with E-state index in [1.165, 1.54) is 0 Å². The summed E-state index contributed by atoms with van der Waals surface area (Å²) in [4.78, 5) is 0. The quantitative estimate of drug-likeness (QED) is 0.715. The van der Waals surface area contributed by atoms with Crippen LogP contribution >= 0.6 is 0 Å². The van der Waals surface area contributed by atoms with E-state index in [2.05, 4.69) is 33.5 Å². The van der Waals surface area contributed by atoms with E-state index in [0.717, 1.165) is 17.7 Å². The highest BCUT2D eigenvalue weighted by molar-refractivity contribution is 6.69. The zero-order valence-electron chi connectivity index (χ0n) is 16.1. The van der Waals surface area contributed by atoms with Crippen LogP contribution in [0, 0.1) is 0 Å². The van der Waals surface area contributed by atoms with Crippen molar-refractivity contribution in [3.63, 3.8) is 0 Å². The number of hydrogen-bond acceptors (Lipinski definition) is 5. The summed E-state index contributed by atoms with van der Waals surface area (Å²) in [5, 5.41) is 0. The van der Waals surface area contributed by atoms with Gasteiger partial charge in [-0.2, -0.15) is 0 Å². The minimum absolute atomic E-state index is 0.107. The summed E-state index contributed by atoms with van der Waals surface area (Å²) in [7, 11) is -0.224. The Kier molecular flexibility index (Phi) is 5.03. The van der Waals surface area contributed by atoms with Gasteiger partial charge in [0.05, 0.1) is 26.4 Å². The smallest absolute Gasteiger partial charge is 0.201 e. The molecule has 5 nitrogen and oxygen atoms in total. The van der Waals surface area contributed by atoms with Crippen LogP contribution < -0.4 is 4.74 Å². The van der Waals surface area contributed by atoms with Crippen molar-refractivity contribution in [1.82, 2.24) is 0 Å². The normalized spacial score (nSPS) is 31.6. The van der Waals surface area contributed by atoms with E-state index in [-0.39, 0.29) is 12.2 Å². The van der Waals surface area contributed by atoms with E-state index < -0.39 is 19.7 Å². The molecule has 6 heteroatoms. The molecular formula is C19H30O5Si. The summed E-state index contributed by atoms with van der Waals surface area (Å²) in [6.07, 6.45) is 0.389. The van der Waals surface area contributed by atoms with Gasteiger partial charge in [0.25, 0.3) is 0 Å². The van der Waals surface area contributed by atoms with Crippen LogP contribution in [0.15, 0.2) is 24.3 Å². The van der Waals surface area contributed by atoms with Crippen molar-refractivity contribution in [2.75, 3.05) is 20.3 Å². The Bertz CT molecular complexity index is 591. The summed E-state index contributed by atoms with van der Waals surface area (Å²) in [6, 6.07) is 7.98. The third kappa shape index (κ3) is 3.04. The second kappa shape index (κ2) is 6.67. The molecule has 2 saturated heterocycles. The fourth-order valence-corrected chi connectivity index (χ4v) is 5.48. The van der Waals surface area contributed by atoms with Crippen LogP contribution in [0.25, 0.3) is 0 Å². The molecule has 3 atom stereocenters. The standard InChI is InChI=1S/C19H30O5Si/c1-7-18(21-12-13-22-18)19(24-25(4,5)6)14(2)23-17(19)15-8-10-16(20-3)11-9-15/h8-11,14,17H,7,12-13H2,1-6H3/t14-,17+,19+/m0/s1. The molecule has 2 aliphatic heterocycles. The maximum atomic E-state index is 6.81. The Balaban J connectivity index is 2.04. The lowest BCUT2D eigenvalue weighted by Gasteiger charge is -2.62. The molecule has 0 spiro atoms. The van der Waals surface area contributed by atoms with Crippen molar-refractivity contribution >= 4 is 8.32 Å². The van der Waals surface area contributed by atoms with Crippen molar-refractivity contribution in [2.45, 2.75) is 63.5 Å². The van der Waals surface area contributed by atoms with Gasteiger partial charge in [0, 0.05) is 6.42 Å². The van der Waals surface area contributed by atoms with Crippen LogP contribution in [0.5, 0.6) is 5.75 Å². The first-order valence-electron chi connectivity index (χ1n) is 9.05. The predicted molar refractivity (Wildman–Crippen MR) is 98.4 cm³/mol. The first-order valence-corrected chi connectivity index (χ1v) is 12.5. The molecule has 0 unspecified atom stereocenters. The number of benzene rings is 1. The van der Waals surface area contributed by atoms with E-state index in [0.29, 0.717) is 13.2 Å². The van der Waals surface area contributed by atoms with E-state index in [9.17, 15) is 0 Å². The van der Waals surface area contributed by atoms with Gasteiger partial charge in [-0.3, -0.25) is 0 Å². The van der Waals surface area contributed by atoms with E-state index in [4.69, 9.17) is 23.4 Å². The Morgan fingerprint density at radius 2 is 1.72 bits per heavy atom. The zero-order chi connectivity index (χ0) is 18.3. The molecule has 3 rings (SSSR count). The fourth-order valence-electron chi connectivity index (χ4n) is 4.04. The summed E-state index contributed by atoms with van der Waals surface area (Å²) in [5.41, 5.74) is 0.418. The van der Waals surface area contributed by atoms with Gasteiger partial charge >= 0.3 is 0 Å². The highest BCUT2D eigenvalue weighted by atomic mass is 28.4. The zero-order valence-corrected chi connectivity index (χ0v) is 17.1. The largest absolute Gasteiger partial charge is 0.497 e. The number of methoxy groups -OCH3 is 1. The predicted octanol–water partition coefficient (Wildman–Crippen LogP) is 3.90. The summed E-state index contributed by atoms with van der Waals surface area (Å²) in [6.45, 7) is 11.9. The van der Waals surface area contributed by atoms with Crippen molar-refractivity contribution in [3.8, 4) is 5.75 Å². The molecule has 2 fully saturated rings. The molecule has 0 saturated carbocycles. The number of rotatable bonds is 6. The molecule has 0 radical (unpaired) electrons. The average molecular weight is 367 g/mol. The van der Waals surface area contributed by atoms with Crippen LogP contribution in [0.3, 0.4) is 0 Å². The van der Waals surface area contributed by atoms with Gasteiger partial charge in [-0.05, 0) is 44.3 Å². The lowest BCUT2D eigenvalue weighted by molar-refractivity contribution is -0.391. The van der Waals surface area contributed by atoms with E-state index >= 15 is 0 Å². The lowest BCUT2D eigenvalue weighted by Crippen LogP contribution is -2.75. The van der Waals surface area contributed by atoms with E-state index in [1.807, 2.05) is 24.3 Å². The molecule has 140 valence electrons. The van der Waals surface area contributed by atoms with Gasteiger partial charge in [0.1, 0.15) is 11.9 Å². The minimum atomic E-state index is -1.89. The van der Waals surface area contributed by atoms with Crippen LogP contribution in [0.4, 0.5) is 0 Å². The SMILES string of the molecule is CCC1([C@@]2(O[Si](C)(C)C)[C@H](C)O[C@@H]2c2ccc(OC)cc2)OCCO1. The Hall–Kier alpha value is -0.923. The van der Waals surface area contributed by atoms with Crippen molar-refractivity contribution in [1.29, 1.82) is 0 Å². The van der Waals surface area contributed by atoms with Gasteiger partial charge in [-0.15, -0.1) is 0 Å². The lowest BCUT2D eigenvalue weighted by atomic mass is 9.73. The third-order valence-electron chi connectivity index (χ3n) is 5.04. The Morgan fingerprint density at radius 3 is 2.16 bits per heavy atom. The molecular weight excluding hydrogens is 336 g/mol. The second-order valence-electron chi connectivity index (χ2n) is 7.74. The van der Waals surface area contributed by atoms with Gasteiger partial charge in [-0.1, -0.05) is 19.1 Å². The molecule has 2 aliphatic rings. The number of hydrogen-bond donors (Lipinski definition) is 0. The topological polar surface area (TPSA) is 46.2 Å². The monoisotopic (exact) mass is 366 g/mol. The van der Waals surface area contributed by atoms with Crippen LogP contribution in [-0.4, -0.2) is 46.1 Å². The summed E-state index contributed by atoms with van der Waals surface area (Å²) in [5.74, 6) is 0.0571. The summed E-state index contributed by atoms with van der Waals surface area (Å²) < 4.78 is 30.6. The fraction of sp³-hybridized carbons (Fsp3) is 0.684. The van der Waals surface area contributed by atoms with Gasteiger partial charge in [0.15, 0.2) is 13.9 Å². The number of ether oxygens (including phenoxy) is 4. The molecule has 1 aromatic carbocycles. The van der Waals surface area contributed by atoms with Crippen molar-refractivity contribution < 1.29 is 23.4 Å². The molecule has 0 amide bonds. The summed E-state index contributed by atoms with van der Waals surface area (Å²) >= 11 is 0. The van der Waals surface area contributed by atoms with Crippen molar-refractivity contribution in [3.05, 3.63) is 29.8 Å². The second-order valence-corrected chi connectivity index (χ2v) is 12.2. The third-order valence-corrected chi connectivity index (χ3v) is 5.99. The average Bonchev–Trinajstić information content (AvgIpc) is 3.07. The highest BCUT2D eigenvalue weighted by Crippen LogP contribution is 2.57. The van der Waals surface area contributed by atoms with E-state index in [1.54, 1.807) is 7.11 Å². The molecule has 0 aromatic heterocycles. The molecule has 2 heterocycles. The molecule has 0 aliphatic carbocycles. The maximum Gasteiger partial charge on any atom is 0.201 e. The van der Waals surface area contributed by atoms with Crippen LogP contribution in [0.1, 0.15) is 31.9 Å². The van der Waals surface area contributed by atoms with Crippen LogP contribution in [-0.2, 0) is 18.6 Å². The van der Waals surface area contributed by atoms with Crippen LogP contribution in [0.2, 0.25) is 19.6 Å². The van der Waals surface area contributed by atoms with Gasteiger partial charge in [-0.25, -0.2) is 0 Å². The van der Waals surface area contributed by atoms with Gasteiger partial charge < -0.3 is 23.4 Å². The highest BCUT2D eigenvalue weighted by Gasteiger charge is 2.71. The van der Waals surface area contributed by atoms with Gasteiger partial charge in [0.2, 0.25) is 5.79 Å². The Labute approximate surface area is 151 Å². The minimum Gasteiger partial charge on any atom is -0.497 e. The first-order chi connectivity index (χ1) is 11.8. The molecule has 1 aromatic rings. The first kappa shape index (κ1) is 18.9. The van der Waals surface area contributed by atoms with Crippen molar-refractivity contribution in [2.24, 2.45) is 0 Å².